The van der Waals surface area contributed by atoms with Gasteiger partial charge in [-0.3, -0.25) is 14.8 Å². The number of hydrogen-bond acceptors (Lipinski definition) is 5. The van der Waals surface area contributed by atoms with Crippen LogP contribution in [-0.4, -0.2) is 21.9 Å². The Labute approximate surface area is 164 Å². The fourth-order valence-corrected chi connectivity index (χ4v) is 3.57. The number of carboxylic acid groups (broad SMARTS) is 1. The van der Waals surface area contributed by atoms with Gasteiger partial charge in [-0.15, -0.1) is 0 Å². The van der Waals surface area contributed by atoms with Crippen molar-refractivity contribution < 1.29 is 9.90 Å². The normalized spacial score (nSPS) is 11.0. The van der Waals surface area contributed by atoms with Crippen LogP contribution < -0.4 is 10.3 Å². The monoisotopic (exact) mass is 401 g/mol. The van der Waals surface area contributed by atoms with Crippen LogP contribution >= 0.6 is 22.9 Å². The molecule has 0 spiro atoms. The topological polar surface area (TPSA) is 83.7 Å². The molecule has 0 radical (unpaired) electrons. The number of carbonyl (C=O) groups is 1. The van der Waals surface area contributed by atoms with Gasteiger partial charge in [-0.2, -0.15) is 5.10 Å². The van der Waals surface area contributed by atoms with Crippen molar-refractivity contribution in [3.63, 3.8) is 0 Å². The van der Waals surface area contributed by atoms with Gasteiger partial charge in [0, 0.05) is 0 Å². The van der Waals surface area contributed by atoms with E-state index < -0.39 is 5.97 Å². The molecule has 2 N–H and O–H groups in total. The van der Waals surface area contributed by atoms with E-state index in [0.717, 1.165) is 22.6 Å². The first-order valence-corrected chi connectivity index (χ1v) is 9.21. The first-order valence-electron chi connectivity index (χ1n) is 8.02. The van der Waals surface area contributed by atoms with E-state index in [-0.39, 0.29) is 22.1 Å². The lowest BCUT2D eigenvalue weighted by Crippen LogP contribution is -2.14. The smallest absolute Gasteiger partial charge is 0.335 e. The summed E-state index contributed by atoms with van der Waals surface area (Å²) >= 11 is 7.31. The Hall–Kier alpha value is -2.90. The minimum absolute atomic E-state index is 0.163. The van der Waals surface area contributed by atoms with Gasteiger partial charge in [0.25, 0.3) is 0 Å². The Bertz CT molecular complexity index is 1070. The summed E-state index contributed by atoms with van der Waals surface area (Å²) in [5, 5.41) is 13.5. The van der Waals surface area contributed by atoms with Gasteiger partial charge >= 0.3 is 10.8 Å². The maximum absolute atomic E-state index is 12.3. The van der Waals surface area contributed by atoms with Gasteiger partial charge in [-0.1, -0.05) is 53.3 Å². The second-order valence-corrected chi connectivity index (χ2v) is 7.15. The molecule has 1 heterocycles. The molecule has 3 rings (SSSR count). The molecular weight excluding hydrogens is 386 g/mol. The Morgan fingerprint density at radius 2 is 2.07 bits per heavy atom. The minimum atomic E-state index is -1.02. The summed E-state index contributed by atoms with van der Waals surface area (Å²) in [7, 11) is 0. The van der Waals surface area contributed by atoms with Gasteiger partial charge in [0.15, 0.2) is 0 Å². The van der Waals surface area contributed by atoms with Crippen LogP contribution in [0.2, 0.25) is 5.15 Å². The predicted molar refractivity (Wildman–Crippen MR) is 108 cm³/mol. The maximum Gasteiger partial charge on any atom is 0.335 e. The van der Waals surface area contributed by atoms with Crippen LogP contribution in [0, 0.1) is 6.92 Å². The molecule has 0 aliphatic heterocycles. The summed E-state index contributed by atoms with van der Waals surface area (Å²) in [5.41, 5.74) is 5.68. The molecule has 1 aromatic heterocycles. The number of aromatic carboxylic acids is 1. The van der Waals surface area contributed by atoms with E-state index in [1.165, 1.54) is 22.9 Å². The third-order valence-corrected chi connectivity index (χ3v) is 5.32. The van der Waals surface area contributed by atoms with Crippen LogP contribution in [0.1, 0.15) is 26.4 Å². The third kappa shape index (κ3) is 4.45. The van der Waals surface area contributed by atoms with Crippen LogP contribution in [0.15, 0.2) is 58.4 Å². The van der Waals surface area contributed by atoms with Crippen molar-refractivity contribution in [2.75, 3.05) is 5.43 Å². The lowest BCUT2D eigenvalue weighted by molar-refractivity contribution is 0.0696. The van der Waals surface area contributed by atoms with Gasteiger partial charge < -0.3 is 5.11 Å². The van der Waals surface area contributed by atoms with Crippen molar-refractivity contribution in [3.05, 3.63) is 84.9 Å². The van der Waals surface area contributed by atoms with Gasteiger partial charge in [0.05, 0.1) is 28.9 Å². The quantitative estimate of drug-likeness (QED) is 0.482. The highest BCUT2D eigenvalue weighted by molar-refractivity contribution is 7.11. The predicted octanol–water partition coefficient (Wildman–Crippen LogP) is 4.06. The second kappa shape index (κ2) is 8.20. The van der Waals surface area contributed by atoms with Crippen LogP contribution in [-0.2, 0) is 6.54 Å². The number of hydrogen-bond donors (Lipinski definition) is 2. The number of carboxylic acids is 1. The zero-order valence-electron chi connectivity index (χ0n) is 14.3. The summed E-state index contributed by atoms with van der Waals surface area (Å²) < 4.78 is 1.39. The molecule has 0 saturated heterocycles. The number of aromatic nitrogens is 1. The number of rotatable bonds is 6. The summed E-state index contributed by atoms with van der Waals surface area (Å²) in [6.45, 7) is 2.15. The molecule has 0 atom stereocenters. The number of hydrazone groups is 1. The number of thiazole rings is 1. The summed E-state index contributed by atoms with van der Waals surface area (Å²) in [6, 6.07) is 14.1. The van der Waals surface area contributed by atoms with Gasteiger partial charge in [0.2, 0.25) is 0 Å². The minimum Gasteiger partial charge on any atom is -0.478 e. The molecule has 0 fully saturated rings. The molecule has 0 aliphatic rings. The highest BCUT2D eigenvalue weighted by atomic mass is 35.5. The molecule has 3 aromatic rings. The van der Waals surface area contributed by atoms with E-state index >= 15 is 0 Å². The first-order chi connectivity index (χ1) is 13.0. The average Bonchev–Trinajstić information content (AvgIpc) is 2.91. The Morgan fingerprint density at radius 3 is 2.81 bits per heavy atom. The summed E-state index contributed by atoms with van der Waals surface area (Å²) in [5.74, 6) is -1.02. The second-order valence-electron chi connectivity index (χ2n) is 5.80. The summed E-state index contributed by atoms with van der Waals surface area (Å²) in [4.78, 5) is 23.6. The average molecular weight is 402 g/mol. The molecule has 0 bridgehead atoms. The van der Waals surface area contributed by atoms with Crippen LogP contribution in [0.4, 0.5) is 5.69 Å². The number of para-hydroxylation sites is 1. The van der Waals surface area contributed by atoms with E-state index in [1.54, 1.807) is 12.1 Å². The fourth-order valence-electron chi connectivity index (χ4n) is 2.46. The zero-order chi connectivity index (χ0) is 19.4. The third-order valence-electron chi connectivity index (χ3n) is 3.88. The number of aryl methyl sites for hydroxylation is 1. The molecule has 0 aliphatic carbocycles. The largest absolute Gasteiger partial charge is 0.478 e. The molecule has 6 nitrogen and oxygen atoms in total. The molecule has 27 heavy (non-hydrogen) atoms. The number of anilines is 1. The molecule has 0 saturated carbocycles. The van der Waals surface area contributed by atoms with Crippen molar-refractivity contribution in [2.45, 2.75) is 13.5 Å². The van der Waals surface area contributed by atoms with Gasteiger partial charge in [0.1, 0.15) is 5.15 Å². The fraction of sp³-hybridized carbons (Fsp3) is 0.105. The first kappa shape index (κ1) is 18.9. The number of halogens is 1. The molecule has 8 heteroatoms. The standard InChI is InChI=1S/C19H16ClN3O3S/c1-12-5-2-3-8-15(12)22-21-10-16-17(20)23(19(26)27-16)11-13-6-4-7-14(9-13)18(24)25/h2-10,22H,11H2,1H3,(H,24,25)/b21-10+. The molecule has 0 amide bonds. The van der Waals surface area contributed by atoms with Crippen molar-refractivity contribution in [2.24, 2.45) is 5.10 Å². The van der Waals surface area contributed by atoms with E-state index in [0.29, 0.717) is 10.4 Å². The number of nitrogens with one attached hydrogen (secondary N) is 1. The van der Waals surface area contributed by atoms with Crippen LogP contribution in [0.25, 0.3) is 0 Å². The van der Waals surface area contributed by atoms with Crippen molar-refractivity contribution in [3.8, 4) is 0 Å². The highest BCUT2D eigenvalue weighted by Crippen LogP contribution is 2.19. The van der Waals surface area contributed by atoms with Crippen molar-refractivity contribution in [1.82, 2.24) is 4.57 Å². The van der Waals surface area contributed by atoms with Crippen molar-refractivity contribution >= 4 is 40.8 Å². The SMILES string of the molecule is Cc1ccccc1N/N=C/c1sc(=O)n(Cc2cccc(C(=O)O)c2)c1Cl. The van der Waals surface area contributed by atoms with E-state index in [4.69, 9.17) is 16.7 Å². The van der Waals surface area contributed by atoms with Gasteiger partial charge in [-0.25, -0.2) is 4.79 Å². The van der Waals surface area contributed by atoms with E-state index in [1.807, 2.05) is 31.2 Å². The molecule has 138 valence electrons. The van der Waals surface area contributed by atoms with Crippen LogP contribution in [0.3, 0.4) is 0 Å². The highest BCUT2D eigenvalue weighted by Gasteiger charge is 2.13. The molecule has 2 aromatic carbocycles. The van der Waals surface area contributed by atoms with Crippen molar-refractivity contribution in [1.29, 1.82) is 0 Å². The lowest BCUT2D eigenvalue weighted by atomic mass is 10.1. The Balaban J connectivity index is 1.80. The summed E-state index contributed by atoms with van der Waals surface area (Å²) in [6.07, 6.45) is 1.50. The number of benzene rings is 2. The lowest BCUT2D eigenvalue weighted by Gasteiger charge is -2.05. The van der Waals surface area contributed by atoms with E-state index in [2.05, 4.69) is 10.5 Å². The maximum atomic E-state index is 12.3. The number of nitrogens with zero attached hydrogens (tertiary/aromatic N) is 2. The molecule has 0 unspecified atom stereocenters. The van der Waals surface area contributed by atoms with Crippen LogP contribution in [0.5, 0.6) is 0 Å². The Morgan fingerprint density at radius 1 is 1.30 bits per heavy atom. The molecular formula is C19H16ClN3O3S. The Kier molecular flexibility index (Phi) is 5.73. The van der Waals surface area contributed by atoms with E-state index in [9.17, 15) is 9.59 Å². The van der Waals surface area contributed by atoms with Gasteiger partial charge in [-0.05, 0) is 36.2 Å². The zero-order valence-corrected chi connectivity index (χ0v) is 15.9.